The average Bonchev–Trinajstić information content (AvgIpc) is 3.48. The van der Waals surface area contributed by atoms with Crippen molar-refractivity contribution in [3.05, 3.63) is 96.6 Å². The molecule has 0 aliphatic heterocycles. The number of carboxylic acids is 1. The van der Waals surface area contributed by atoms with Crippen LogP contribution in [-0.4, -0.2) is 30.6 Å². The first kappa shape index (κ1) is 18.6. The second-order valence-electron chi connectivity index (χ2n) is 7.13. The zero-order chi connectivity index (χ0) is 21.2. The van der Waals surface area contributed by atoms with Crippen LogP contribution in [0, 0.1) is 0 Å². The maximum Gasteiger partial charge on any atom is 0.336 e. The summed E-state index contributed by atoms with van der Waals surface area (Å²) in [6, 6.07) is 21.4. The second-order valence-corrected chi connectivity index (χ2v) is 7.13. The predicted octanol–water partition coefficient (Wildman–Crippen LogP) is 4.73. The van der Waals surface area contributed by atoms with Gasteiger partial charge in [-0.1, -0.05) is 24.3 Å². The monoisotopic (exact) mass is 409 g/mol. The molecule has 0 aliphatic rings. The summed E-state index contributed by atoms with van der Waals surface area (Å²) in [5.74, 6) is -0.465. The molecule has 0 atom stereocenters. The van der Waals surface area contributed by atoms with Crippen LogP contribution in [0.5, 0.6) is 0 Å². The normalized spacial score (nSPS) is 11.0. The SMILES string of the molecule is O=C(O)c1ccc(NCc2cccc(-n3cnc4ccccc43)c2)cc1-c1ncc[nH]1. The fraction of sp³-hybridized carbons (Fsp3) is 0.0417. The van der Waals surface area contributed by atoms with Gasteiger partial charge in [-0.15, -0.1) is 0 Å². The summed E-state index contributed by atoms with van der Waals surface area (Å²) < 4.78 is 2.06. The molecule has 0 fully saturated rings. The van der Waals surface area contributed by atoms with E-state index in [1.165, 1.54) is 0 Å². The molecular formula is C24H19N5O2. The van der Waals surface area contributed by atoms with Gasteiger partial charge in [0.2, 0.25) is 0 Å². The zero-order valence-corrected chi connectivity index (χ0v) is 16.5. The molecule has 0 bridgehead atoms. The molecule has 3 N–H and O–H groups in total. The lowest BCUT2D eigenvalue weighted by Gasteiger charge is -2.11. The first-order valence-corrected chi connectivity index (χ1v) is 9.81. The van der Waals surface area contributed by atoms with Crippen molar-refractivity contribution in [1.82, 2.24) is 19.5 Å². The molecule has 5 rings (SSSR count). The van der Waals surface area contributed by atoms with Gasteiger partial charge in [0, 0.05) is 35.9 Å². The summed E-state index contributed by atoms with van der Waals surface area (Å²) in [4.78, 5) is 23.2. The number of anilines is 1. The van der Waals surface area contributed by atoms with Crippen LogP contribution < -0.4 is 5.32 Å². The number of fused-ring (bicyclic) bond motifs is 1. The topological polar surface area (TPSA) is 95.8 Å². The molecule has 0 unspecified atom stereocenters. The third-order valence-electron chi connectivity index (χ3n) is 5.14. The number of hydrogen-bond donors (Lipinski definition) is 3. The van der Waals surface area contributed by atoms with Gasteiger partial charge in [-0.2, -0.15) is 0 Å². The van der Waals surface area contributed by atoms with Crippen molar-refractivity contribution in [1.29, 1.82) is 0 Å². The van der Waals surface area contributed by atoms with E-state index >= 15 is 0 Å². The van der Waals surface area contributed by atoms with Crippen molar-refractivity contribution in [2.24, 2.45) is 0 Å². The van der Waals surface area contributed by atoms with Gasteiger partial charge >= 0.3 is 5.97 Å². The fourth-order valence-electron chi connectivity index (χ4n) is 3.63. The maximum atomic E-state index is 11.6. The maximum absolute atomic E-state index is 11.6. The Kier molecular flexibility index (Phi) is 4.68. The van der Waals surface area contributed by atoms with Gasteiger partial charge in [0.05, 0.1) is 16.6 Å². The Hall–Kier alpha value is -4.39. The van der Waals surface area contributed by atoms with Crippen LogP contribution in [0.25, 0.3) is 28.1 Å². The standard InChI is InChI=1S/C24H19N5O2/c30-24(31)19-9-8-17(13-20(19)23-25-10-11-26-23)27-14-16-4-3-5-18(12-16)29-15-28-21-6-1-2-7-22(21)29/h1-13,15,27H,14H2,(H,25,26)(H,30,31). The molecule has 2 aromatic heterocycles. The Labute approximate surface area is 178 Å². The number of aromatic carboxylic acids is 1. The molecule has 2 heterocycles. The van der Waals surface area contributed by atoms with E-state index in [4.69, 9.17) is 0 Å². The van der Waals surface area contributed by atoms with E-state index in [-0.39, 0.29) is 5.56 Å². The third kappa shape index (κ3) is 3.64. The first-order valence-electron chi connectivity index (χ1n) is 9.81. The van der Waals surface area contributed by atoms with E-state index in [2.05, 4.69) is 37.0 Å². The lowest BCUT2D eigenvalue weighted by Crippen LogP contribution is -2.04. The highest BCUT2D eigenvalue weighted by atomic mass is 16.4. The molecule has 3 aromatic carbocycles. The summed E-state index contributed by atoms with van der Waals surface area (Å²) >= 11 is 0. The number of aromatic nitrogens is 4. The van der Waals surface area contributed by atoms with Crippen molar-refractivity contribution in [3.63, 3.8) is 0 Å². The minimum atomic E-state index is -0.988. The molecule has 0 amide bonds. The van der Waals surface area contributed by atoms with Crippen molar-refractivity contribution in [2.75, 3.05) is 5.32 Å². The van der Waals surface area contributed by atoms with Crippen LogP contribution in [0.15, 0.2) is 85.5 Å². The fourth-order valence-corrected chi connectivity index (χ4v) is 3.63. The summed E-state index contributed by atoms with van der Waals surface area (Å²) in [5.41, 5.74) is 5.70. The summed E-state index contributed by atoms with van der Waals surface area (Å²) in [5, 5.41) is 12.9. The van der Waals surface area contributed by atoms with Gasteiger partial charge in [0.1, 0.15) is 12.2 Å². The quantitative estimate of drug-likeness (QED) is 0.377. The number of nitrogens with zero attached hydrogens (tertiary/aromatic N) is 3. The van der Waals surface area contributed by atoms with Gasteiger partial charge in [-0.3, -0.25) is 4.57 Å². The third-order valence-corrected chi connectivity index (χ3v) is 5.14. The summed E-state index contributed by atoms with van der Waals surface area (Å²) in [6.07, 6.45) is 5.11. The lowest BCUT2D eigenvalue weighted by atomic mass is 10.1. The number of nitrogens with one attached hydrogen (secondary N) is 2. The molecule has 0 spiro atoms. The molecule has 5 aromatic rings. The summed E-state index contributed by atoms with van der Waals surface area (Å²) in [6.45, 7) is 0.588. The van der Waals surface area contributed by atoms with Crippen molar-refractivity contribution in [2.45, 2.75) is 6.54 Å². The number of imidazole rings is 2. The van der Waals surface area contributed by atoms with Crippen molar-refractivity contribution in [3.8, 4) is 17.1 Å². The molecule has 0 radical (unpaired) electrons. The number of benzene rings is 3. The van der Waals surface area contributed by atoms with Gasteiger partial charge in [-0.05, 0) is 48.0 Å². The van der Waals surface area contributed by atoms with E-state index in [9.17, 15) is 9.90 Å². The van der Waals surface area contributed by atoms with Crippen molar-refractivity contribution < 1.29 is 9.90 Å². The van der Waals surface area contributed by atoms with Crippen LogP contribution in [0.2, 0.25) is 0 Å². The van der Waals surface area contributed by atoms with Gasteiger partial charge < -0.3 is 15.4 Å². The first-order chi connectivity index (χ1) is 15.2. The van der Waals surface area contributed by atoms with E-state index < -0.39 is 5.97 Å². The molecule has 7 nitrogen and oxygen atoms in total. The lowest BCUT2D eigenvalue weighted by molar-refractivity contribution is 0.0697. The molecule has 31 heavy (non-hydrogen) atoms. The second kappa shape index (κ2) is 7.79. The Balaban J connectivity index is 1.40. The Bertz CT molecular complexity index is 1370. The van der Waals surface area contributed by atoms with Crippen LogP contribution in [0.4, 0.5) is 5.69 Å². The van der Waals surface area contributed by atoms with Gasteiger partial charge in [-0.25, -0.2) is 14.8 Å². The van der Waals surface area contributed by atoms with Crippen LogP contribution >= 0.6 is 0 Å². The van der Waals surface area contributed by atoms with E-state index in [0.717, 1.165) is 28.0 Å². The zero-order valence-electron chi connectivity index (χ0n) is 16.5. The van der Waals surface area contributed by atoms with Gasteiger partial charge in [0.25, 0.3) is 0 Å². The smallest absolute Gasteiger partial charge is 0.336 e. The van der Waals surface area contributed by atoms with Crippen LogP contribution in [0.1, 0.15) is 15.9 Å². The molecule has 0 saturated carbocycles. The highest BCUT2D eigenvalue weighted by Gasteiger charge is 2.14. The molecule has 152 valence electrons. The Morgan fingerprint density at radius 2 is 1.94 bits per heavy atom. The molecule has 0 saturated heterocycles. The highest BCUT2D eigenvalue weighted by Crippen LogP contribution is 2.25. The van der Waals surface area contributed by atoms with E-state index in [0.29, 0.717) is 17.9 Å². The van der Waals surface area contributed by atoms with E-state index in [1.54, 1.807) is 30.6 Å². The van der Waals surface area contributed by atoms with Crippen LogP contribution in [0.3, 0.4) is 0 Å². The number of para-hydroxylation sites is 2. The Morgan fingerprint density at radius 1 is 1.03 bits per heavy atom. The molecular weight excluding hydrogens is 390 g/mol. The Morgan fingerprint density at radius 3 is 2.77 bits per heavy atom. The number of aromatic amines is 1. The molecule has 7 heteroatoms. The molecule has 0 aliphatic carbocycles. The average molecular weight is 409 g/mol. The number of hydrogen-bond acceptors (Lipinski definition) is 4. The largest absolute Gasteiger partial charge is 0.478 e. The number of H-pyrrole nitrogens is 1. The van der Waals surface area contributed by atoms with E-state index in [1.807, 2.05) is 42.7 Å². The summed E-state index contributed by atoms with van der Waals surface area (Å²) in [7, 11) is 0. The number of carboxylic acid groups (broad SMARTS) is 1. The van der Waals surface area contributed by atoms with Crippen molar-refractivity contribution >= 4 is 22.7 Å². The minimum Gasteiger partial charge on any atom is -0.478 e. The number of carbonyl (C=O) groups is 1. The van der Waals surface area contributed by atoms with Gasteiger partial charge in [0.15, 0.2) is 0 Å². The predicted molar refractivity (Wildman–Crippen MR) is 119 cm³/mol. The highest BCUT2D eigenvalue weighted by molar-refractivity contribution is 5.96. The number of rotatable bonds is 6. The van der Waals surface area contributed by atoms with Crippen LogP contribution in [-0.2, 0) is 6.54 Å². The minimum absolute atomic E-state index is 0.203.